The van der Waals surface area contributed by atoms with Crippen LogP contribution in [0.2, 0.25) is 0 Å². The van der Waals surface area contributed by atoms with E-state index in [2.05, 4.69) is 34.9 Å². The van der Waals surface area contributed by atoms with Crippen LogP contribution in [0, 0.1) is 0 Å². The van der Waals surface area contributed by atoms with Crippen molar-refractivity contribution in [2.75, 3.05) is 26.2 Å². The molecule has 0 aromatic heterocycles. The molecule has 0 aliphatic carbocycles. The minimum atomic E-state index is -0.0752. The first kappa shape index (κ1) is 19.9. The lowest BCUT2D eigenvalue weighted by Crippen LogP contribution is -2.26. The van der Waals surface area contributed by atoms with Crippen LogP contribution in [0.25, 0.3) is 0 Å². The number of allylic oxidation sites excluding steroid dienone is 3. The molecule has 1 aliphatic heterocycles. The quantitative estimate of drug-likeness (QED) is 0.492. The third-order valence-corrected chi connectivity index (χ3v) is 4.99. The molecule has 1 fully saturated rings. The predicted molar refractivity (Wildman–Crippen MR) is 106 cm³/mol. The first-order valence-corrected chi connectivity index (χ1v) is 9.69. The van der Waals surface area contributed by atoms with Crippen LogP contribution in [0.5, 0.6) is 0 Å². The topological polar surface area (TPSA) is 24.1 Å². The van der Waals surface area contributed by atoms with E-state index in [1.807, 2.05) is 19.1 Å². The van der Waals surface area contributed by atoms with E-state index in [4.69, 9.17) is 0 Å². The van der Waals surface area contributed by atoms with Crippen molar-refractivity contribution in [3.05, 3.63) is 58.9 Å². The molecule has 2 rings (SSSR count). The van der Waals surface area contributed by atoms with Gasteiger partial charge in [-0.2, -0.15) is 0 Å². The Morgan fingerprint density at radius 3 is 2.56 bits per heavy atom. The van der Waals surface area contributed by atoms with Crippen molar-refractivity contribution < 1.29 is 4.39 Å². The zero-order valence-corrected chi connectivity index (χ0v) is 15.8. The molecular weight excluding hydrogens is 311 g/mol. The van der Waals surface area contributed by atoms with Gasteiger partial charge in [-0.05, 0) is 94.7 Å². The van der Waals surface area contributed by atoms with Crippen LogP contribution in [0.15, 0.2) is 47.8 Å². The van der Waals surface area contributed by atoms with E-state index < -0.39 is 0 Å². The maximum Gasteiger partial charge on any atom is 0.100 e. The molecule has 0 saturated carbocycles. The Morgan fingerprint density at radius 2 is 1.92 bits per heavy atom. The van der Waals surface area contributed by atoms with Crippen LogP contribution in [0.1, 0.15) is 56.6 Å². The lowest BCUT2D eigenvalue weighted by Gasteiger charge is -2.23. The summed E-state index contributed by atoms with van der Waals surface area (Å²) in [5.41, 5.74) is 3.70. The minimum Gasteiger partial charge on any atom is -0.317 e. The molecule has 0 atom stereocenters. The smallest absolute Gasteiger partial charge is 0.100 e. The zero-order chi connectivity index (χ0) is 17.9. The van der Waals surface area contributed by atoms with Crippen molar-refractivity contribution in [3.63, 3.8) is 0 Å². The van der Waals surface area contributed by atoms with Crippen LogP contribution < -0.4 is 10.6 Å². The number of nitrogens with one attached hydrogen (secondary N) is 2. The van der Waals surface area contributed by atoms with Crippen LogP contribution in [0.3, 0.4) is 0 Å². The summed E-state index contributed by atoms with van der Waals surface area (Å²) in [6.45, 7) is 7.55. The Morgan fingerprint density at radius 1 is 1.20 bits per heavy atom. The number of halogens is 1. The summed E-state index contributed by atoms with van der Waals surface area (Å²) < 4.78 is 13.3. The second-order valence-corrected chi connectivity index (χ2v) is 6.93. The van der Waals surface area contributed by atoms with E-state index in [-0.39, 0.29) is 5.83 Å². The van der Waals surface area contributed by atoms with Crippen molar-refractivity contribution in [3.8, 4) is 0 Å². The van der Waals surface area contributed by atoms with Crippen LogP contribution in [-0.4, -0.2) is 26.2 Å². The molecular formula is C22H33FN2. The predicted octanol–water partition coefficient (Wildman–Crippen LogP) is 4.89. The molecule has 138 valence electrons. The van der Waals surface area contributed by atoms with Crippen molar-refractivity contribution in [2.24, 2.45) is 0 Å². The van der Waals surface area contributed by atoms with Gasteiger partial charge in [0.1, 0.15) is 5.83 Å². The largest absolute Gasteiger partial charge is 0.317 e. The number of hydrogen-bond donors (Lipinski definition) is 2. The van der Waals surface area contributed by atoms with Gasteiger partial charge in [-0.1, -0.05) is 36.4 Å². The molecule has 1 heterocycles. The third-order valence-electron chi connectivity index (χ3n) is 4.99. The van der Waals surface area contributed by atoms with Gasteiger partial charge in [0.15, 0.2) is 0 Å². The van der Waals surface area contributed by atoms with Crippen molar-refractivity contribution in [1.82, 2.24) is 10.6 Å². The SMILES string of the molecule is C/C=C\C(CCNCCCc1ccc(C2CCNCC2)cc1)=C(/C)F. The number of rotatable bonds is 9. The molecule has 0 unspecified atom stereocenters. The Kier molecular flexibility index (Phi) is 8.92. The number of hydrogen-bond acceptors (Lipinski definition) is 2. The molecule has 25 heavy (non-hydrogen) atoms. The molecule has 1 aromatic rings. The highest BCUT2D eigenvalue weighted by Crippen LogP contribution is 2.25. The summed E-state index contributed by atoms with van der Waals surface area (Å²) in [6, 6.07) is 9.21. The number of aryl methyl sites for hydroxylation is 1. The van der Waals surface area contributed by atoms with E-state index in [9.17, 15) is 4.39 Å². The van der Waals surface area contributed by atoms with Crippen LogP contribution >= 0.6 is 0 Å². The second-order valence-electron chi connectivity index (χ2n) is 6.93. The first-order valence-electron chi connectivity index (χ1n) is 9.69. The molecule has 0 amide bonds. The Balaban J connectivity index is 1.64. The maximum absolute atomic E-state index is 13.3. The van der Waals surface area contributed by atoms with Gasteiger partial charge in [0.05, 0.1) is 0 Å². The second kappa shape index (κ2) is 11.2. The van der Waals surface area contributed by atoms with Gasteiger partial charge in [-0.15, -0.1) is 0 Å². The van der Waals surface area contributed by atoms with Gasteiger partial charge >= 0.3 is 0 Å². The monoisotopic (exact) mass is 344 g/mol. The summed E-state index contributed by atoms with van der Waals surface area (Å²) in [4.78, 5) is 0. The average molecular weight is 345 g/mol. The molecule has 2 N–H and O–H groups in total. The van der Waals surface area contributed by atoms with E-state index in [1.165, 1.54) is 30.9 Å². The molecule has 1 aromatic carbocycles. The average Bonchev–Trinajstić information content (AvgIpc) is 2.64. The highest BCUT2D eigenvalue weighted by Gasteiger charge is 2.14. The Hall–Kier alpha value is -1.45. The van der Waals surface area contributed by atoms with Crippen LogP contribution in [0.4, 0.5) is 4.39 Å². The fourth-order valence-corrected chi connectivity index (χ4v) is 3.45. The fourth-order valence-electron chi connectivity index (χ4n) is 3.45. The van der Waals surface area contributed by atoms with Gasteiger partial charge in [-0.3, -0.25) is 0 Å². The zero-order valence-electron chi connectivity index (χ0n) is 15.8. The van der Waals surface area contributed by atoms with Crippen LogP contribution in [-0.2, 0) is 6.42 Å². The molecule has 2 nitrogen and oxygen atoms in total. The van der Waals surface area contributed by atoms with E-state index in [0.717, 1.165) is 56.9 Å². The van der Waals surface area contributed by atoms with Gasteiger partial charge in [-0.25, -0.2) is 4.39 Å². The first-order chi connectivity index (χ1) is 12.2. The Bertz CT molecular complexity index is 550. The summed E-state index contributed by atoms with van der Waals surface area (Å²) >= 11 is 0. The number of benzene rings is 1. The van der Waals surface area contributed by atoms with Gasteiger partial charge in [0.2, 0.25) is 0 Å². The highest BCUT2D eigenvalue weighted by molar-refractivity contribution is 5.26. The van der Waals surface area contributed by atoms with Crippen molar-refractivity contribution in [1.29, 1.82) is 0 Å². The van der Waals surface area contributed by atoms with Gasteiger partial charge < -0.3 is 10.6 Å². The molecule has 0 bridgehead atoms. The van der Waals surface area contributed by atoms with Gasteiger partial charge in [0.25, 0.3) is 0 Å². The summed E-state index contributed by atoms with van der Waals surface area (Å²) in [7, 11) is 0. The molecule has 1 saturated heterocycles. The normalized spacial score (nSPS) is 17.1. The summed E-state index contributed by atoms with van der Waals surface area (Å²) in [5.74, 6) is 0.657. The molecule has 0 spiro atoms. The fraction of sp³-hybridized carbons (Fsp3) is 0.545. The Labute approximate surface area is 152 Å². The van der Waals surface area contributed by atoms with Crippen molar-refractivity contribution >= 4 is 0 Å². The van der Waals surface area contributed by atoms with E-state index in [1.54, 1.807) is 0 Å². The summed E-state index contributed by atoms with van der Waals surface area (Å²) in [6.07, 6.45) is 9.23. The number of piperidine rings is 1. The highest BCUT2D eigenvalue weighted by atomic mass is 19.1. The minimum absolute atomic E-state index is 0.0752. The van der Waals surface area contributed by atoms with Gasteiger partial charge in [0, 0.05) is 0 Å². The third kappa shape index (κ3) is 7.13. The molecule has 0 radical (unpaired) electrons. The molecule has 3 heteroatoms. The van der Waals surface area contributed by atoms with Crippen molar-refractivity contribution in [2.45, 2.75) is 51.9 Å². The summed E-state index contributed by atoms with van der Waals surface area (Å²) in [5, 5.41) is 6.85. The lowest BCUT2D eigenvalue weighted by atomic mass is 9.89. The van der Waals surface area contributed by atoms with E-state index in [0.29, 0.717) is 0 Å². The standard InChI is InChI=1S/C22H33FN2/c1-3-5-20(18(2)23)11-15-24-14-4-6-19-7-9-21(10-8-19)22-12-16-25-17-13-22/h3,5,7-10,22,24-25H,4,6,11-17H2,1-2H3/b5-3-,20-18-. The molecule has 1 aliphatic rings. The maximum atomic E-state index is 13.3. The van der Waals surface area contributed by atoms with E-state index >= 15 is 0 Å². The lowest BCUT2D eigenvalue weighted by molar-refractivity contribution is 0.460.